The van der Waals surface area contributed by atoms with Crippen molar-refractivity contribution in [3.8, 4) is 0 Å². The van der Waals surface area contributed by atoms with Gasteiger partial charge in [-0.1, -0.05) is 18.2 Å². The van der Waals surface area contributed by atoms with Gasteiger partial charge in [0.2, 0.25) is 0 Å². The van der Waals surface area contributed by atoms with E-state index in [0.717, 1.165) is 0 Å². The van der Waals surface area contributed by atoms with Gasteiger partial charge in [-0.25, -0.2) is 4.39 Å². The molecule has 3 nitrogen and oxygen atoms in total. The highest BCUT2D eigenvalue weighted by Gasteiger charge is 2.43. The molecule has 0 aliphatic carbocycles. The van der Waals surface area contributed by atoms with Crippen LogP contribution in [0.3, 0.4) is 0 Å². The Labute approximate surface area is 99.2 Å². The summed E-state index contributed by atoms with van der Waals surface area (Å²) in [7, 11) is 0. The lowest BCUT2D eigenvalue weighted by molar-refractivity contribution is -0.148. The van der Waals surface area contributed by atoms with Crippen molar-refractivity contribution in [1.82, 2.24) is 0 Å². The number of hydrogen-bond acceptors (Lipinski definition) is 2. The highest BCUT2D eigenvalue weighted by atomic mass is 19.1. The lowest BCUT2D eigenvalue weighted by Gasteiger charge is -2.34. The Kier molecular flexibility index (Phi) is 3.15. The molecule has 92 valence electrons. The quantitative estimate of drug-likeness (QED) is 0.859. The van der Waals surface area contributed by atoms with Crippen LogP contribution < -0.4 is 0 Å². The van der Waals surface area contributed by atoms with Gasteiger partial charge >= 0.3 is 5.97 Å². The summed E-state index contributed by atoms with van der Waals surface area (Å²) in [5, 5.41) is 9.44. The highest BCUT2D eigenvalue weighted by Crippen LogP contribution is 2.37. The second-order valence-corrected chi connectivity index (χ2v) is 4.44. The maximum Gasteiger partial charge on any atom is 0.314 e. The van der Waals surface area contributed by atoms with Gasteiger partial charge < -0.3 is 9.84 Å². The predicted octanol–water partition coefficient (Wildman–Crippen LogP) is 2.27. The molecule has 0 aromatic heterocycles. The Balaban J connectivity index is 2.53. The molecular weight excluding hydrogens is 223 g/mol. The summed E-state index contributed by atoms with van der Waals surface area (Å²) >= 11 is 0. The van der Waals surface area contributed by atoms with Crippen molar-refractivity contribution in [3.05, 3.63) is 35.1 Å². The van der Waals surface area contributed by atoms with E-state index in [4.69, 9.17) is 4.74 Å². The van der Waals surface area contributed by atoms with Crippen LogP contribution in [0.1, 0.15) is 24.0 Å². The summed E-state index contributed by atoms with van der Waals surface area (Å²) in [6.45, 7) is 2.37. The van der Waals surface area contributed by atoms with Crippen LogP contribution >= 0.6 is 0 Å². The monoisotopic (exact) mass is 238 g/mol. The fourth-order valence-electron chi connectivity index (χ4n) is 2.34. The van der Waals surface area contributed by atoms with Crippen molar-refractivity contribution in [2.45, 2.75) is 25.2 Å². The molecule has 0 spiro atoms. The minimum atomic E-state index is -1.13. The molecule has 1 N–H and O–H groups in total. The summed E-state index contributed by atoms with van der Waals surface area (Å²) in [5.74, 6) is -1.37. The largest absolute Gasteiger partial charge is 0.481 e. The number of halogens is 1. The molecule has 1 aliphatic rings. The third-order valence-electron chi connectivity index (χ3n) is 3.46. The van der Waals surface area contributed by atoms with Crippen molar-refractivity contribution < 1.29 is 19.0 Å². The fraction of sp³-hybridized carbons (Fsp3) is 0.462. The number of carbonyl (C=O) groups is 1. The SMILES string of the molecule is Cc1cccc(C2(C(=O)O)CCOCC2)c1F. The van der Waals surface area contributed by atoms with E-state index in [1.807, 2.05) is 0 Å². The zero-order valence-electron chi connectivity index (χ0n) is 9.70. The minimum Gasteiger partial charge on any atom is -0.481 e. The van der Waals surface area contributed by atoms with Crippen LogP contribution in [-0.2, 0) is 14.9 Å². The number of carboxylic acid groups (broad SMARTS) is 1. The van der Waals surface area contributed by atoms with E-state index >= 15 is 0 Å². The summed E-state index contributed by atoms with van der Waals surface area (Å²) < 4.78 is 19.3. The molecule has 0 amide bonds. The van der Waals surface area contributed by atoms with Gasteiger partial charge in [0, 0.05) is 18.8 Å². The Morgan fingerprint density at radius 3 is 2.65 bits per heavy atom. The lowest BCUT2D eigenvalue weighted by atomic mass is 9.73. The third-order valence-corrected chi connectivity index (χ3v) is 3.46. The summed E-state index contributed by atoms with van der Waals surface area (Å²) in [5.41, 5.74) is -0.364. The van der Waals surface area contributed by atoms with E-state index in [2.05, 4.69) is 0 Å². The number of aryl methyl sites for hydroxylation is 1. The molecule has 0 radical (unpaired) electrons. The maximum atomic E-state index is 14.1. The first-order valence-corrected chi connectivity index (χ1v) is 5.65. The predicted molar refractivity (Wildman–Crippen MR) is 60.5 cm³/mol. The smallest absolute Gasteiger partial charge is 0.314 e. The lowest BCUT2D eigenvalue weighted by Crippen LogP contribution is -2.42. The molecule has 0 saturated carbocycles. The van der Waals surface area contributed by atoms with E-state index in [-0.39, 0.29) is 5.56 Å². The van der Waals surface area contributed by atoms with Crippen molar-refractivity contribution >= 4 is 5.97 Å². The first-order chi connectivity index (χ1) is 8.08. The van der Waals surface area contributed by atoms with Gasteiger partial charge in [-0.2, -0.15) is 0 Å². The summed E-state index contributed by atoms with van der Waals surface area (Å²) in [6, 6.07) is 4.92. The number of hydrogen-bond donors (Lipinski definition) is 1. The van der Waals surface area contributed by atoms with Crippen molar-refractivity contribution in [3.63, 3.8) is 0 Å². The van der Waals surface area contributed by atoms with Crippen LogP contribution in [0.25, 0.3) is 0 Å². The van der Waals surface area contributed by atoms with Gasteiger partial charge in [-0.3, -0.25) is 4.79 Å². The summed E-state index contributed by atoms with van der Waals surface area (Å²) in [4.78, 5) is 11.5. The summed E-state index contributed by atoms with van der Waals surface area (Å²) in [6.07, 6.45) is 0.644. The molecule has 1 aliphatic heterocycles. The molecule has 0 unspecified atom stereocenters. The van der Waals surface area contributed by atoms with Gasteiger partial charge in [0.05, 0.1) is 5.41 Å². The normalized spacial score (nSPS) is 18.9. The van der Waals surface area contributed by atoms with Gasteiger partial charge in [-0.05, 0) is 25.3 Å². The zero-order chi connectivity index (χ0) is 12.5. The minimum absolute atomic E-state index is 0.285. The van der Waals surface area contributed by atoms with Gasteiger partial charge in [0.15, 0.2) is 0 Å². The molecule has 4 heteroatoms. The van der Waals surface area contributed by atoms with Crippen molar-refractivity contribution in [2.75, 3.05) is 13.2 Å². The number of ether oxygens (including phenoxy) is 1. The zero-order valence-corrected chi connectivity index (χ0v) is 9.70. The molecule has 0 bridgehead atoms. The molecule has 1 aromatic rings. The van der Waals surface area contributed by atoms with Crippen LogP contribution in [0.4, 0.5) is 4.39 Å². The van der Waals surface area contributed by atoms with Crippen molar-refractivity contribution in [2.24, 2.45) is 0 Å². The second kappa shape index (κ2) is 4.45. The molecule has 1 saturated heterocycles. The van der Waals surface area contributed by atoms with Crippen LogP contribution in [0.15, 0.2) is 18.2 Å². The molecule has 1 fully saturated rings. The fourth-order valence-corrected chi connectivity index (χ4v) is 2.34. The van der Waals surface area contributed by atoms with Gasteiger partial charge in [-0.15, -0.1) is 0 Å². The molecule has 1 heterocycles. The van der Waals surface area contributed by atoms with E-state index in [1.54, 1.807) is 25.1 Å². The maximum absolute atomic E-state index is 14.1. The van der Waals surface area contributed by atoms with Crippen LogP contribution in [0.5, 0.6) is 0 Å². The third kappa shape index (κ3) is 1.93. The van der Waals surface area contributed by atoms with Crippen LogP contribution in [0, 0.1) is 12.7 Å². The molecule has 1 aromatic carbocycles. The first-order valence-electron chi connectivity index (χ1n) is 5.65. The number of aliphatic carboxylic acids is 1. The Bertz CT molecular complexity index is 436. The number of rotatable bonds is 2. The van der Waals surface area contributed by atoms with E-state index in [0.29, 0.717) is 31.6 Å². The van der Waals surface area contributed by atoms with Crippen molar-refractivity contribution in [1.29, 1.82) is 0 Å². The standard InChI is InChI=1S/C13H15FO3/c1-9-3-2-4-10(11(9)14)13(12(15)16)5-7-17-8-6-13/h2-4H,5-8H2,1H3,(H,15,16). The van der Waals surface area contributed by atoms with E-state index in [9.17, 15) is 14.3 Å². The second-order valence-electron chi connectivity index (χ2n) is 4.44. The topological polar surface area (TPSA) is 46.5 Å². The Hall–Kier alpha value is -1.42. The molecular formula is C13H15FO3. The highest BCUT2D eigenvalue weighted by molar-refractivity contribution is 5.81. The van der Waals surface area contributed by atoms with E-state index in [1.165, 1.54) is 0 Å². The molecule has 17 heavy (non-hydrogen) atoms. The van der Waals surface area contributed by atoms with Gasteiger partial charge in [0.1, 0.15) is 5.82 Å². The average molecular weight is 238 g/mol. The van der Waals surface area contributed by atoms with Gasteiger partial charge in [0.25, 0.3) is 0 Å². The Morgan fingerprint density at radius 1 is 1.41 bits per heavy atom. The van der Waals surface area contributed by atoms with Crippen LogP contribution in [0.2, 0.25) is 0 Å². The molecule has 2 rings (SSSR count). The Morgan fingerprint density at radius 2 is 2.06 bits per heavy atom. The number of benzene rings is 1. The number of carboxylic acids is 1. The van der Waals surface area contributed by atoms with E-state index < -0.39 is 17.2 Å². The average Bonchev–Trinajstić information content (AvgIpc) is 2.33. The van der Waals surface area contributed by atoms with Crippen LogP contribution in [-0.4, -0.2) is 24.3 Å². The molecule has 0 atom stereocenters. The first kappa shape index (κ1) is 12.0.